The van der Waals surface area contributed by atoms with Crippen LogP contribution in [-0.2, 0) is 4.79 Å². The van der Waals surface area contributed by atoms with Gasteiger partial charge in [0.05, 0.1) is 6.04 Å². The summed E-state index contributed by atoms with van der Waals surface area (Å²) in [6, 6.07) is 0.238. The zero-order valence-corrected chi connectivity index (χ0v) is 7.25. The number of unbranched alkanes of at least 4 members (excludes halogenated alkanes) is 1. The summed E-state index contributed by atoms with van der Waals surface area (Å²) in [5.41, 5.74) is 0. The van der Waals surface area contributed by atoms with Crippen molar-refractivity contribution in [3.8, 4) is 0 Å². The fourth-order valence-corrected chi connectivity index (χ4v) is 1.64. The van der Waals surface area contributed by atoms with E-state index in [0.717, 1.165) is 25.8 Å². The molecule has 1 rings (SSSR count). The first-order valence-corrected chi connectivity index (χ1v) is 4.58. The molecule has 1 aliphatic rings. The van der Waals surface area contributed by atoms with Crippen LogP contribution in [0.5, 0.6) is 0 Å². The molecule has 1 atom stereocenters. The molecule has 0 aromatic heterocycles. The van der Waals surface area contributed by atoms with Crippen LogP contribution in [0.1, 0.15) is 32.6 Å². The van der Waals surface area contributed by atoms with E-state index >= 15 is 0 Å². The zero-order valence-electron chi connectivity index (χ0n) is 7.25. The third kappa shape index (κ3) is 2.29. The van der Waals surface area contributed by atoms with Gasteiger partial charge in [-0.2, -0.15) is 0 Å². The van der Waals surface area contributed by atoms with Crippen LogP contribution in [0.4, 0.5) is 0 Å². The summed E-state index contributed by atoms with van der Waals surface area (Å²) in [6.07, 6.45) is 5.83. The average molecular weight is 155 g/mol. The SMILES string of the molecule is CCCCN1CCC[C@H]1C=O. The van der Waals surface area contributed by atoms with Crippen molar-refractivity contribution >= 4 is 6.29 Å². The summed E-state index contributed by atoms with van der Waals surface area (Å²) in [5, 5.41) is 0. The van der Waals surface area contributed by atoms with Crippen molar-refractivity contribution in [3.05, 3.63) is 0 Å². The normalized spacial score (nSPS) is 25.7. The summed E-state index contributed by atoms with van der Waals surface area (Å²) >= 11 is 0. The summed E-state index contributed by atoms with van der Waals surface area (Å²) in [5.74, 6) is 0. The molecule has 1 saturated heterocycles. The molecule has 0 amide bonds. The number of carbonyl (C=O) groups is 1. The van der Waals surface area contributed by atoms with Crippen LogP contribution >= 0.6 is 0 Å². The van der Waals surface area contributed by atoms with E-state index in [9.17, 15) is 4.79 Å². The van der Waals surface area contributed by atoms with Gasteiger partial charge in [0.2, 0.25) is 0 Å². The molecule has 0 bridgehead atoms. The number of hydrogen-bond donors (Lipinski definition) is 0. The Morgan fingerprint density at radius 1 is 1.64 bits per heavy atom. The van der Waals surface area contributed by atoms with Gasteiger partial charge in [0, 0.05) is 0 Å². The lowest BCUT2D eigenvalue weighted by atomic mass is 10.2. The van der Waals surface area contributed by atoms with Crippen LogP contribution in [0.15, 0.2) is 0 Å². The van der Waals surface area contributed by atoms with Gasteiger partial charge < -0.3 is 4.79 Å². The van der Waals surface area contributed by atoms with Gasteiger partial charge in [-0.1, -0.05) is 13.3 Å². The lowest BCUT2D eigenvalue weighted by molar-refractivity contribution is -0.111. The lowest BCUT2D eigenvalue weighted by Gasteiger charge is -2.18. The predicted octanol–water partition coefficient (Wildman–Crippen LogP) is 1.45. The van der Waals surface area contributed by atoms with Crippen molar-refractivity contribution in [2.75, 3.05) is 13.1 Å². The van der Waals surface area contributed by atoms with Crippen LogP contribution in [-0.4, -0.2) is 30.3 Å². The van der Waals surface area contributed by atoms with Gasteiger partial charge in [-0.05, 0) is 32.4 Å². The molecule has 0 N–H and O–H groups in total. The van der Waals surface area contributed by atoms with Gasteiger partial charge in [-0.15, -0.1) is 0 Å². The van der Waals surface area contributed by atoms with E-state index in [2.05, 4.69) is 11.8 Å². The quantitative estimate of drug-likeness (QED) is 0.573. The molecule has 0 radical (unpaired) electrons. The van der Waals surface area contributed by atoms with Crippen LogP contribution in [0.3, 0.4) is 0 Å². The number of hydrogen-bond acceptors (Lipinski definition) is 2. The van der Waals surface area contributed by atoms with Crippen LogP contribution < -0.4 is 0 Å². The molecule has 0 aromatic rings. The fraction of sp³-hybridized carbons (Fsp3) is 0.889. The van der Waals surface area contributed by atoms with Gasteiger partial charge in [0.1, 0.15) is 6.29 Å². The van der Waals surface area contributed by atoms with Gasteiger partial charge in [-0.3, -0.25) is 4.90 Å². The molecule has 0 aliphatic carbocycles. The molecule has 64 valence electrons. The molecule has 1 heterocycles. The Morgan fingerprint density at radius 3 is 3.09 bits per heavy atom. The minimum Gasteiger partial charge on any atom is -0.302 e. The van der Waals surface area contributed by atoms with Gasteiger partial charge in [0.15, 0.2) is 0 Å². The van der Waals surface area contributed by atoms with E-state index in [1.807, 2.05) is 0 Å². The van der Waals surface area contributed by atoms with E-state index in [4.69, 9.17) is 0 Å². The maximum Gasteiger partial charge on any atom is 0.137 e. The molecule has 1 aliphatic heterocycles. The third-order valence-electron chi connectivity index (χ3n) is 2.37. The summed E-state index contributed by atoms with van der Waals surface area (Å²) in [4.78, 5) is 12.8. The first-order chi connectivity index (χ1) is 5.38. The van der Waals surface area contributed by atoms with E-state index in [0.29, 0.717) is 0 Å². The molecule has 0 saturated carbocycles. The van der Waals surface area contributed by atoms with E-state index in [-0.39, 0.29) is 6.04 Å². The highest BCUT2D eigenvalue weighted by Gasteiger charge is 2.22. The molecule has 2 heteroatoms. The monoisotopic (exact) mass is 155 g/mol. The van der Waals surface area contributed by atoms with Gasteiger partial charge >= 0.3 is 0 Å². The smallest absolute Gasteiger partial charge is 0.137 e. The first-order valence-electron chi connectivity index (χ1n) is 4.58. The van der Waals surface area contributed by atoms with Crippen molar-refractivity contribution < 1.29 is 4.79 Å². The summed E-state index contributed by atoms with van der Waals surface area (Å²) in [7, 11) is 0. The Labute approximate surface area is 68.6 Å². The molecular formula is C9H17NO. The maximum absolute atomic E-state index is 10.5. The minimum absolute atomic E-state index is 0.238. The second-order valence-corrected chi connectivity index (χ2v) is 3.24. The van der Waals surface area contributed by atoms with Crippen molar-refractivity contribution in [2.24, 2.45) is 0 Å². The van der Waals surface area contributed by atoms with Crippen LogP contribution in [0.2, 0.25) is 0 Å². The van der Waals surface area contributed by atoms with Crippen molar-refractivity contribution in [1.29, 1.82) is 0 Å². The number of nitrogens with zero attached hydrogens (tertiary/aromatic N) is 1. The number of carbonyl (C=O) groups excluding carboxylic acids is 1. The molecule has 0 aromatic carbocycles. The standard InChI is InChI=1S/C9H17NO/c1-2-3-6-10-7-4-5-9(10)8-11/h8-9H,2-7H2,1H3/t9-/m0/s1. The second-order valence-electron chi connectivity index (χ2n) is 3.24. The highest BCUT2D eigenvalue weighted by Crippen LogP contribution is 2.15. The Balaban J connectivity index is 2.25. The Morgan fingerprint density at radius 2 is 2.45 bits per heavy atom. The highest BCUT2D eigenvalue weighted by atomic mass is 16.1. The van der Waals surface area contributed by atoms with Gasteiger partial charge in [0.25, 0.3) is 0 Å². The van der Waals surface area contributed by atoms with Crippen LogP contribution in [0.25, 0.3) is 0 Å². The Bertz CT molecular complexity index is 125. The largest absolute Gasteiger partial charge is 0.302 e. The first kappa shape index (κ1) is 8.72. The molecule has 11 heavy (non-hydrogen) atoms. The number of likely N-dealkylation sites (tertiary alicyclic amines) is 1. The van der Waals surface area contributed by atoms with Crippen molar-refractivity contribution in [1.82, 2.24) is 4.90 Å². The van der Waals surface area contributed by atoms with Crippen LogP contribution in [0, 0.1) is 0 Å². The number of aldehydes is 1. The Hall–Kier alpha value is -0.370. The molecule has 0 spiro atoms. The highest BCUT2D eigenvalue weighted by molar-refractivity contribution is 5.58. The average Bonchev–Trinajstić information content (AvgIpc) is 2.47. The van der Waals surface area contributed by atoms with Crippen molar-refractivity contribution in [3.63, 3.8) is 0 Å². The summed E-state index contributed by atoms with van der Waals surface area (Å²) in [6.45, 7) is 4.43. The molecule has 2 nitrogen and oxygen atoms in total. The zero-order chi connectivity index (χ0) is 8.10. The molecule has 0 unspecified atom stereocenters. The predicted molar refractivity (Wildman–Crippen MR) is 45.6 cm³/mol. The lowest BCUT2D eigenvalue weighted by Crippen LogP contribution is -2.31. The number of rotatable bonds is 4. The fourth-order valence-electron chi connectivity index (χ4n) is 1.64. The van der Waals surface area contributed by atoms with Gasteiger partial charge in [-0.25, -0.2) is 0 Å². The molecule has 1 fully saturated rings. The Kier molecular flexibility index (Phi) is 3.57. The molecular weight excluding hydrogens is 138 g/mol. The topological polar surface area (TPSA) is 20.3 Å². The summed E-state index contributed by atoms with van der Waals surface area (Å²) < 4.78 is 0. The van der Waals surface area contributed by atoms with E-state index < -0.39 is 0 Å². The minimum atomic E-state index is 0.238. The van der Waals surface area contributed by atoms with E-state index in [1.54, 1.807) is 0 Å². The third-order valence-corrected chi connectivity index (χ3v) is 2.37. The maximum atomic E-state index is 10.5. The van der Waals surface area contributed by atoms with E-state index in [1.165, 1.54) is 19.3 Å². The second kappa shape index (κ2) is 4.50. The van der Waals surface area contributed by atoms with Crippen molar-refractivity contribution in [2.45, 2.75) is 38.6 Å².